The van der Waals surface area contributed by atoms with Crippen LogP contribution in [0.5, 0.6) is 0 Å². The smallest absolute Gasteiger partial charge is 0.186 e. The van der Waals surface area contributed by atoms with Crippen molar-refractivity contribution in [2.45, 2.75) is 88.7 Å². The third-order valence-electron chi connectivity index (χ3n) is 6.98. The molecule has 8 atom stereocenters. The lowest BCUT2D eigenvalue weighted by molar-refractivity contribution is -0.304. The molecule has 8 unspecified atom stereocenters. The van der Waals surface area contributed by atoms with Crippen LogP contribution in [0.4, 0.5) is 0 Å². The van der Waals surface area contributed by atoms with Gasteiger partial charge in [0.25, 0.3) is 0 Å². The molecule has 0 aromatic rings. The highest BCUT2D eigenvalue weighted by atomic mass is 16.7. The third kappa shape index (κ3) is 3.73. The molecule has 0 radical (unpaired) electrons. The number of aliphatic hydroxyl groups excluding tert-OH is 3. The molecule has 150 valence electrons. The Morgan fingerprint density at radius 2 is 1.88 bits per heavy atom. The van der Waals surface area contributed by atoms with Crippen LogP contribution in [0, 0.1) is 17.8 Å². The molecule has 1 saturated heterocycles. The van der Waals surface area contributed by atoms with Gasteiger partial charge < -0.3 is 29.9 Å². The van der Waals surface area contributed by atoms with Crippen LogP contribution in [0.15, 0.2) is 12.2 Å². The number of aliphatic hydroxyl groups is 4. The Hall–Kier alpha value is -0.500. The van der Waals surface area contributed by atoms with Crippen LogP contribution in [0.3, 0.4) is 0 Å². The van der Waals surface area contributed by atoms with Gasteiger partial charge in [0.15, 0.2) is 6.29 Å². The number of allylic oxidation sites excluding steroid dienone is 1. The SMILES string of the molecule is C=C1CCC(C(C)(C)OC2OCC(O)C(O)C2O)CC2C1CCC2(C)O. The van der Waals surface area contributed by atoms with E-state index in [1.165, 1.54) is 5.57 Å². The van der Waals surface area contributed by atoms with Crippen molar-refractivity contribution in [3.05, 3.63) is 12.2 Å². The molecule has 0 bridgehead atoms. The van der Waals surface area contributed by atoms with Crippen LogP contribution in [-0.4, -0.2) is 62.8 Å². The van der Waals surface area contributed by atoms with Gasteiger partial charge in [0, 0.05) is 0 Å². The summed E-state index contributed by atoms with van der Waals surface area (Å²) in [6.45, 7) is 10.1. The maximum Gasteiger partial charge on any atom is 0.186 e. The normalized spacial score (nSPS) is 47.5. The minimum Gasteiger partial charge on any atom is -0.390 e. The molecule has 0 spiro atoms. The molecular weight excluding hydrogens is 336 g/mol. The maximum atomic E-state index is 10.8. The zero-order chi connectivity index (χ0) is 19.3. The summed E-state index contributed by atoms with van der Waals surface area (Å²) >= 11 is 0. The zero-order valence-corrected chi connectivity index (χ0v) is 16.1. The summed E-state index contributed by atoms with van der Waals surface area (Å²) in [5, 5.41) is 40.5. The molecule has 3 fully saturated rings. The van der Waals surface area contributed by atoms with E-state index in [2.05, 4.69) is 6.58 Å². The largest absolute Gasteiger partial charge is 0.390 e. The first-order chi connectivity index (χ1) is 12.0. The molecule has 0 aromatic carbocycles. The van der Waals surface area contributed by atoms with Crippen molar-refractivity contribution < 1.29 is 29.9 Å². The Morgan fingerprint density at radius 1 is 1.19 bits per heavy atom. The van der Waals surface area contributed by atoms with Gasteiger partial charge in [0.05, 0.1) is 17.8 Å². The minimum absolute atomic E-state index is 0.0696. The summed E-state index contributed by atoms with van der Waals surface area (Å²) < 4.78 is 11.5. The predicted molar refractivity (Wildman–Crippen MR) is 96.2 cm³/mol. The molecule has 0 aromatic heterocycles. The average Bonchev–Trinajstić information content (AvgIpc) is 2.74. The third-order valence-corrected chi connectivity index (χ3v) is 6.98. The van der Waals surface area contributed by atoms with Crippen LogP contribution in [0.2, 0.25) is 0 Å². The lowest BCUT2D eigenvalue weighted by atomic mass is 9.76. The molecular formula is C20H34O6. The van der Waals surface area contributed by atoms with E-state index in [0.29, 0.717) is 5.92 Å². The topological polar surface area (TPSA) is 99.4 Å². The molecule has 1 aliphatic heterocycles. The van der Waals surface area contributed by atoms with Gasteiger partial charge in [-0.1, -0.05) is 12.2 Å². The number of hydrogen-bond acceptors (Lipinski definition) is 6. The van der Waals surface area contributed by atoms with Crippen LogP contribution in [0.25, 0.3) is 0 Å². The van der Waals surface area contributed by atoms with Gasteiger partial charge in [-0.15, -0.1) is 0 Å². The van der Waals surface area contributed by atoms with Gasteiger partial charge in [-0.25, -0.2) is 0 Å². The Labute approximate surface area is 155 Å². The molecule has 2 saturated carbocycles. The van der Waals surface area contributed by atoms with Crippen molar-refractivity contribution in [1.82, 2.24) is 0 Å². The summed E-state index contributed by atoms with van der Waals surface area (Å²) in [7, 11) is 0. The molecule has 0 amide bonds. The van der Waals surface area contributed by atoms with Crippen molar-refractivity contribution in [1.29, 1.82) is 0 Å². The summed E-state index contributed by atoms with van der Waals surface area (Å²) in [4.78, 5) is 0. The fourth-order valence-corrected chi connectivity index (χ4v) is 5.05. The quantitative estimate of drug-likeness (QED) is 0.560. The molecule has 6 heteroatoms. The monoisotopic (exact) mass is 370 g/mol. The van der Waals surface area contributed by atoms with Gasteiger partial charge in [-0.2, -0.15) is 0 Å². The van der Waals surface area contributed by atoms with E-state index in [1.54, 1.807) is 0 Å². The van der Waals surface area contributed by atoms with Crippen LogP contribution in [-0.2, 0) is 9.47 Å². The van der Waals surface area contributed by atoms with E-state index in [-0.39, 0.29) is 18.4 Å². The average molecular weight is 370 g/mol. The second-order valence-electron chi connectivity index (χ2n) is 9.21. The standard InChI is InChI=1S/C20H34O6/c1-11-5-6-12(9-14-13(11)7-8-20(14,4)24)19(2,3)26-18-17(23)16(22)15(21)10-25-18/h12-18,21-24H,1,5-10H2,2-4H3. The molecule has 2 aliphatic carbocycles. The first-order valence-corrected chi connectivity index (χ1v) is 9.76. The number of ether oxygens (including phenoxy) is 2. The van der Waals surface area contributed by atoms with Crippen molar-refractivity contribution in [2.75, 3.05) is 6.61 Å². The van der Waals surface area contributed by atoms with Crippen LogP contribution in [0.1, 0.15) is 52.9 Å². The van der Waals surface area contributed by atoms with Gasteiger partial charge >= 0.3 is 0 Å². The molecule has 3 aliphatic rings. The number of hydrogen-bond donors (Lipinski definition) is 4. The Balaban J connectivity index is 1.73. The van der Waals surface area contributed by atoms with Crippen molar-refractivity contribution in [3.8, 4) is 0 Å². The Morgan fingerprint density at radius 3 is 2.58 bits per heavy atom. The molecule has 6 nitrogen and oxygen atoms in total. The number of rotatable bonds is 3. The summed E-state index contributed by atoms with van der Waals surface area (Å²) in [6.07, 6.45) is -0.231. The van der Waals surface area contributed by atoms with E-state index in [1.807, 2.05) is 20.8 Å². The lowest BCUT2D eigenvalue weighted by Crippen LogP contribution is -2.56. The first kappa shape index (κ1) is 20.2. The summed E-state index contributed by atoms with van der Waals surface area (Å²) in [6, 6.07) is 0. The second kappa shape index (κ2) is 7.15. The predicted octanol–water partition coefficient (Wildman–Crippen LogP) is 1.35. The zero-order valence-electron chi connectivity index (χ0n) is 16.1. The highest BCUT2D eigenvalue weighted by molar-refractivity contribution is 5.13. The highest BCUT2D eigenvalue weighted by Crippen LogP contribution is 2.52. The van der Waals surface area contributed by atoms with Gasteiger partial charge in [-0.3, -0.25) is 0 Å². The van der Waals surface area contributed by atoms with E-state index in [9.17, 15) is 20.4 Å². The van der Waals surface area contributed by atoms with E-state index < -0.39 is 35.8 Å². The van der Waals surface area contributed by atoms with Crippen LogP contribution >= 0.6 is 0 Å². The second-order valence-corrected chi connectivity index (χ2v) is 9.21. The van der Waals surface area contributed by atoms with Gasteiger partial charge in [0.1, 0.15) is 18.3 Å². The van der Waals surface area contributed by atoms with E-state index in [4.69, 9.17) is 9.47 Å². The van der Waals surface area contributed by atoms with Crippen molar-refractivity contribution >= 4 is 0 Å². The minimum atomic E-state index is -1.29. The van der Waals surface area contributed by atoms with Crippen molar-refractivity contribution in [3.63, 3.8) is 0 Å². The fourth-order valence-electron chi connectivity index (χ4n) is 5.05. The molecule has 3 rings (SSSR count). The van der Waals surface area contributed by atoms with Crippen LogP contribution < -0.4 is 0 Å². The van der Waals surface area contributed by atoms with Crippen molar-refractivity contribution in [2.24, 2.45) is 17.8 Å². The van der Waals surface area contributed by atoms with Gasteiger partial charge in [0.2, 0.25) is 0 Å². The fraction of sp³-hybridized carbons (Fsp3) is 0.900. The Bertz CT molecular complexity index is 530. The molecule has 1 heterocycles. The summed E-state index contributed by atoms with van der Waals surface area (Å²) in [5.41, 5.74) is -0.0758. The first-order valence-electron chi connectivity index (χ1n) is 9.76. The molecule has 4 N–H and O–H groups in total. The maximum absolute atomic E-state index is 10.8. The lowest BCUT2D eigenvalue weighted by Gasteiger charge is -2.43. The van der Waals surface area contributed by atoms with Gasteiger partial charge in [-0.05, 0) is 70.6 Å². The summed E-state index contributed by atoms with van der Waals surface area (Å²) in [5.74, 6) is 0.688. The highest BCUT2D eigenvalue weighted by Gasteiger charge is 2.50. The van der Waals surface area contributed by atoms with E-state index >= 15 is 0 Å². The number of fused-ring (bicyclic) bond motifs is 1. The Kier molecular flexibility index (Phi) is 5.57. The molecule has 26 heavy (non-hydrogen) atoms. The van der Waals surface area contributed by atoms with E-state index in [0.717, 1.165) is 32.1 Å².